The summed E-state index contributed by atoms with van der Waals surface area (Å²) in [6, 6.07) is 3.64. The van der Waals surface area contributed by atoms with E-state index < -0.39 is 7.12 Å². The van der Waals surface area contributed by atoms with Crippen LogP contribution in [0.4, 0.5) is 0 Å². The largest absolute Gasteiger partial charge is 0.490 e. The van der Waals surface area contributed by atoms with Gasteiger partial charge < -0.3 is 15.4 Å². The molecule has 2 rings (SSSR count). The van der Waals surface area contributed by atoms with E-state index in [-0.39, 0.29) is 10.9 Å². The quantitative estimate of drug-likeness (QED) is 0.416. The molecule has 1 aliphatic heterocycles. The maximum atomic E-state index is 8.93. The van der Waals surface area contributed by atoms with Crippen LogP contribution in [0.25, 0.3) is 0 Å². The maximum Gasteiger partial charge on any atom is 0.490 e. The highest BCUT2D eigenvalue weighted by Gasteiger charge is 2.26. The third-order valence-corrected chi connectivity index (χ3v) is 4.63. The number of pyridine rings is 1. The molecule has 6 heteroatoms. The fourth-order valence-electron chi connectivity index (χ4n) is 1.54. The molecule has 1 aromatic rings. The fraction of sp³-hybridized carbons (Fsp3) is 0.444. The first kappa shape index (κ1) is 10.9. The summed E-state index contributed by atoms with van der Waals surface area (Å²) in [5, 5.41) is 22.3. The Bertz CT molecular complexity index is 314. The van der Waals surface area contributed by atoms with Crippen LogP contribution in [0.15, 0.2) is 23.4 Å². The zero-order valence-corrected chi connectivity index (χ0v) is 9.20. The van der Waals surface area contributed by atoms with Gasteiger partial charge in [0.25, 0.3) is 0 Å². The molecule has 0 aliphatic carbocycles. The van der Waals surface area contributed by atoms with Crippen molar-refractivity contribution in [3.05, 3.63) is 18.3 Å². The van der Waals surface area contributed by atoms with Gasteiger partial charge in [0.05, 0.1) is 0 Å². The average Bonchev–Trinajstić information content (AvgIpc) is 2.30. The molecule has 0 aromatic carbocycles. The van der Waals surface area contributed by atoms with Gasteiger partial charge in [-0.1, -0.05) is 6.07 Å². The smallest absolute Gasteiger partial charge is 0.423 e. The second-order valence-corrected chi connectivity index (χ2v) is 5.67. The Morgan fingerprint density at radius 1 is 1.27 bits per heavy atom. The van der Waals surface area contributed by atoms with Crippen molar-refractivity contribution in [3.8, 4) is 0 Å². The van der Waals surface area contributed by atoms with Crippen molar-refractivity contribution in [2.24, 2.45) is 0 Å². The summed E-state index contributed by atoms with van der Waals surface area (Å²) in [5.74, 6) is 2.27. The summed E-state index contributed by atoms with van der Waals surface area (Å²) >= 11 is 0. The van der Waals surface area contributed by atoms with Crippen LogP contribution in [0.1, 0.15) is 0 Å². The van der Waals surface area contributed by atoms with Crippen molar-refractivity contribution in [3.63, 3.8) is 0 Å². The summed E-state index contributed by atoms with van der Waals surface area (Å²) in [6.45, 7) is 2.10. The zero-order chi connectivity index (χ0) is 10.7. The molecule has 3 N–H and O–H groups in total. The van der Waals surface area contributed by atoms with Crippen LogP contribution in [-0.4, -0.2) is 46.7 Å². The second-order valence-electron chi connectivity index (χ2n) is 3.45. The lowest BCUT2D eigenvalue weighted by molar-refractivity contribution is 0.425. The van der Waals surface area contributed by atoms with E-state index in [0.717, 1.165) is 29.6 Å². The first-order valence-corrected chi connectivity index (χ1v) is 6.54. The average molecular weight is 225 g/mol. The fourth-order valence-corrected chi connectivity index (χ4v) is 3.41. The molecular weight excluding hydrogens is 211 g/mol. The highest BCUT2D eigenvalue weighted by molar-refractivity contribution is 7.96. The van der Waals surface area contributed by atoms with Gasteiger partial charge in [-0.3, -0.25) is 0 Å². The van der Waals surface area contributed by atoms with Crippen LogP contribution >= 0.6 is 0 Å². The number of rotatable bonds is 2. The third-order valence-electron chi connectivity index (χ3n) is 2.40. The van der Waals surface area contributed by atoms with Crippen molar-refractivity contribution >= 4 is 23.5 Å². The van der Waals surface area contributed by atoms with E-state index in [4.69, 9.17) is 10.0 Å². The van der Waals surface area contributed by atoms with E-state index >= 15 is 0 Å². The van der Waals surface area contributed by atoms with Gasteiger partial charge in [0.1, 0.15) is 11.5 Å². The number of nitrogens with one attached hydrogen (secondary N) is 1. The Morgan fingerprint density at radius 3 is 2.53 bits per heavy atom. The molecule has 0 unspecified atom stereocenters. The van der Waals surface area contributed by atoms with Crippen LogP contribution in [0.5, 0.6) is 0 Å². The summed E-state index contributed by atoms with van der Waals surface area (Å²) in [4.78, 5) is 4.29. The topological polar surface area (TPSA) is 65.4 Å². The summed E-state index contributed by atoms with van der Waals surface area (Å²) in [6.07, 6.45) is 1.55. The molecule has 0 spiro atoms. The Balaban J connectivity index is 2.08. The van der Waals surface area contributed by atoms with Gasteiger partial charge >= 0.3 is 7.12 Å². The summed E-state index contributed by atoms with van der Waals surface area (Å²) in [5.41, 5.74) is 0.456. The van der Waals surface area contributed by atoms with Crippen LogP contribution < -0.4 is 10.8 Å². The third kappa shape index (κ3) is 2.72. The predicted octanol–water partition coefficient (Wildman–Crippen LogP) is -1.66. The molecule has 80 valence electrons. The molecule has 15 heavy (non-hydrogen) atoms. The molecule has 0 atom stereocenters. The van der Waals surface area contributed by atoms with E-state index in [1.807, 2.05) is 6.07 Å². The van der Waals surface area contributed by atoms with Gasteiger partial charge in [0, 0.05) is 41.7 Å². The minimum Gasteiger partial charge on any atom is -0.423 e. The first-order chi connectivity index (χ1) is 7.27. The predicted molar refractivity (Wildman–Crippen MR) is 62.3 cm³/mol. The summed E-state index contributed by atoms with van der Waals surface area (Å²) in [7, 11) is -1.18. The van der Waals surface area contributed by atoms with Crippen LogP contribution in [0.3, 0.4) is 0 Å². The highest BCUT2D eigenvalue weighted by atomic mass is 32.2. The minimum absolute atomic E-state index is 0.234. The van der Waals surface area contributed by atoms with Gasteiger partial charge in [-0.2, -0.15) is 0 Å². The van der Waals surface area contributed by atoms with Crippen molar-refractivity contribution in [1.82, 2.24) is 10.3 Å². The number of aromatic nitrogens is 1. The van der Waals surface area contributed by atoms with Crippen molar-refractivity contribution in [1.29, 1.82) is 0 Å². The van der Waals surface area contributed by atoms with E-state index in [0.29, 0.717) is 5.46 Å². The standard InChI is InChI=1S/C9H14BN2O2S/c13-10(14)8-1-2-9(12-7-8)15-5-3-11-4-6-15/h1-2,7,11,13-14H,3-6H2/q+1. The van der Waals surface area contributed by atoms with Gasteiger partial charge in [-0.05, 0) is 0 Å². The van der Waals surface area contributed by atoms with Gasteiger partial charge in [0.15, 0.2) is 0 Å². The lowest BCUT2D eigenvalue weighted by atomic mass is 9.82. The molecule has 1 aromatic heterocycles. The monoisotopic (exact) mass is 225 g/mol. The molecule has 0 amide bonds. The zero-order valence-electron chi connectivity index (χ0n) is 8.39. The van der Waals surface area contributed by atoms with Crippen molar-refractivity contribution in [2.45, 2.75) is 5.03 Å². The summed E-state index contributed by atoms with van der Waals surface area (Å²) < 4.78 is 0. The Morgan fingerprint density at radius 2 is 2.00 bits per heavy atom. The van der Waals surface area contributed by atoms with E-state index in [1.54, 1.807) is 12.3 Å². The van der Waals surface area contributed by atoms with Crippen LogP contribution in [-0.2, 0) is 10.9 Å². The highest BCUT2D eigenvalue weighted by Crippen LogP contribution is 2.11. The second kappa shape index (κ2) is 4.98. The molecule has 1 fully saturated rings. The minimum atomic E-state index is -1.41. The Hall–Kier alpha value is -0.555. The van der Waals surface area contributed by atoms with Crippen LogP contribution in [0, 0.1) is 0 Å². The Kier molecular flexibility index (Phi) is 3.64. The van der Waals surface area contributed by atoms with E-state index in [1.165, 1.54) is 0 Å². The number of hydrogen-bond donors (Lipinski definition) is 3. The SMILES string of the molecule is OB(O)c1ccc([S+]2CCNCC2)nc1. The van der Waals surface area contributed by atoms with Crippen molar-refractivity contribution in [2.75, 3.05) is 24.6 Å². The molecule has 0 bridgehead atoms. The molecule has 2 heterocycles. The molecule has 0 radical (unpaired) electrons. The lowest BCUT2D eigenvalue weighted by Crippen LogP contribution is -2.37. The van der Waals surface area contributed by atoms with Gasteiger partial charge in [-0.15, -0.1) is 0 Å². The molecule has 0 saturated carbocycles. The first-order valence-electron chi connectivity index (χ1n) is 4.97. The molecule has 1 saturated heterocycles. The maximum absolute atomic E-state index is 8.93. The normalized spacial score (nSPS) is 17.7. The lowest BCUT2D eigenvalue weighted by Gasteiger charge is -2.13. The molecule has 4 nitrogen and oxygen atoms in total. The number of hydrogen-bond acceptors (Lipinski definition) is 4. The molecular formula is C9H14BN2O2S+. The van der Waals surface area contributed by atoms with Gasteiger partial charge in [0.2, 0.25) is 5.03 Å². The van der Waals surface area contributed by atoms with Crippen LogP contribution in [0.2, 0.25) is 0 Å². The Labute approximate surface area is 92.2 Å². The molecule has 1 aliphatic rings. The number of nitrogens with zero attached hydrogens (tertiary/aromatic N) is 1. The van der Waals surface area contributed by atoms with E-state index in [9.17, 15) is 0 Å². The van der Waals surface area contributed by atoms with Gasteiger partial charge in [-0.25, -0.2) is 4.98 Å². The van der Waals surface area contributed by atoms with E-state index in [2.05, 4.69) is 10.3 Å². The van der Waals surface area contributed by atoms with Crippen molar-refractivity contribution < 1.29 is 10.0 Å².